The van der Waals surface area contributed by atoms with Gasteiger partial charge in [-0.15, -0.1) is 0 Å². The lowest BCUT2D eigenvalue weighted by molar-refractivity contribution is -0.108. The number of ether oxygens (including phenoxy) is 1. The fourth-order valence-electron chi connectivity index (χ4n) is 1.91. The first-order chi connectivity index (χ1) is 8.58. The molecule has 0 bridgehead atoms. The van der Waals surface area contributed by atoms with Gasteiger partial charge in [-0.2, -0.15) is 0 Å². The number of hydrogen-bond donors (Lipinski definition) is 2. The van der Waals surface area contributed by atoms with Gasteiger partial charge in [0, 0.05) is 18.2 Å². The monoisotopic (exact) mass is 251 g/mol. The zero-order valence-corrected chi connectivity index (χ0v) is 10.9. The van der Waals surface area contributed by atoms with Gasteiger partial charge >= 0.3 is 0 Å². The smallest absolute Gasteiger partial charge is 0.168 e. The van der Waals surface area contributed by atoms with Crippen molar-refractivity contribution < 1.29 is 14.6 Å². The molecule has 0 aliphatic rings. The minimum atomic E-state index is -1.27. The lowest BCUT2D eigenvalue weighted by atomic mass is 9.93. The maximum Gasteiger partial charge on any atom is 0.168 e. The molecule has 0 spiro atoms. The SMILES string of the molecule is CCCC[C@@H](O)[C@](N)(OC)c1cccc(C=O)c1. The molecule has 0 fully saturated rings. The fourth-order valence-corrected chi connectivity index (χ4v) is 1.91. The number of hydrogen-bond acceptors (Lipinski definition) is 4. The first-order valence-electron chi connectivity index (χ1n) is 6.16. The van der Waals surface area contributed by atoms with Gasteiger partial charge in [-0.1, -0.05) is 38.0 Å². The van der Waals surface area contributed by atoms with E-state index in [1.165, 1.54) is 7.11 Å². The van der Waals surface area contributed by atoms with Crippen LogP contribution in [-0.2, 0) is 10.5 Å². The third-order valence-electron chi connectivity index (χ3n) is 3.14. The molecule has 0 saturated heterocycles. The van der Waals surface area contributed by atoms with Crippen LogP contribution in [0.1, 0.15) is 42.1 Å². The molecule has 4 heteroatoms. The summed E-state index contributed by atoms with van der Waals surface area (Å²) in [5.41, 5.74) is 5.99. The van der Waals surface area contributed by atoms with Crippen LogP contribution < -0.4 is 5.73 Å². The summed E-state index contributed by atoms with van der Waals surface area (Å²) < 4.78 is 5.29. The summed E-state index contributed by atoms with van der Waals surface area (Å²) in [6, 6.07) is 6.81. The Morgan fingerprint density at radius 1 is 1.56 bits per heavy atom. The second-order valence-corrected chi connectivity index (χ2v) is 4.40. The highest BCUT2D eigenvalue weighted by Crippen LogP contribution is 2.26. The number of aldehydes is 1. The highest BCUT2D eigenvalue weighted by molar-refractivity contribution is 5.75. The predicted molar refractivity (Wildman–Crippen MR) is 70.2 cm³/mol. The molecule has 18 heavy (non-hydrogen) atoms. The summed E-state index contributed by atoms with van der Waals surface area (Å²) in [6.07, 6.45) is 2.36. The number of carbonyl (C=O) groups is 1. The molecule has 0 unspecified atom stereocenters. The Bertz CT molecular complexity index is 394. The average molecular weight is 251 g/mol. The topological polar surface area (TPSA) is 72.6 Å². The number of aliphatic hydroxyl groups is 1. The van der Waals surface area contributed by atoms with Crippen LogP contribution in [0.25, 0.3) is 0 Å². The minimum Gasteiger partial charge on any atom is -0.388 e. The zero-order chi connectivity index (χ0) is 13.6. The molecule has 100 valence electrons. The molecule has 1 aromatic carbocycles. The van der Waals surface area contributed by atoms with Crippen LogP contribution >= 0.6 is 0 Å². The molecule has 1 rings (SSSR count). The number of benzene rings is 1. The van der Waals surface area contributed by atoms with E-state index >= 15 is 0 Å². The van der Waals surface area contributed by atoms with E-state index in [0.717, 1.165) is 19.1 Å². The first-order valence-corrected chi connectivity index (χ1v) is 6.16. The van der Waals surface area contributed by atoms with Gasteiger partial charge in [0.1, 0.15) is 12.4 Å². The quantitative estimate of drug-likeness (QED) is 0.572. The highest BCUT2D eigenvalue weighted by atomic mass is 16.5. The van der Waals surface area contributed by atoms with E-state index in [2.05, 4.69) is 0 Å². The highest BCUT2D eigenvalue weighted by Gasteiger charge is 2.35. The van der Waals surface area contributed by atoms with E-state index in [9.17, 15) is 9.90 Å². The number of unbranched alkanes of at least 4 members (excludes halogenated alkanes) is 1. The number of carbonyl (C=O) groups excluding carboxylic acids is 1. The average Bonchev–Trinajstić information content (AvgIpc) is 2.43. The maximum absolute atomic E-state index is 10.8. The molecule has 0 radical (unpaired) electrons. The van der Waals surface area contributed by atoms with Gasteiger partial charge in [0.2, 0.25) is 0 Å². The molecule has 4 nitrogen and oxygen atoms in total. The van der Waals surface area contributed by atoms with Gasteiger partial charge < -0.3 is 9.84 Å². The van der Waals surface area contributed by atoms with Crippen molar-refractivity contribution in [2.24, 2.45) is 5.73 Å². The number of aliphatic hydroxyl groups excluding tert-OH is 1. The van der Waals surface area contributed by atoms with Crippen LogP contribution in [0.3, 0.4) is 0 Å². The molecule has 0 aliphatic carbocycles. The molecular formula is C14H21NO3. The van der Waals surface area contributed by atoms with Crippen LogP contribution in [0, 0.1) is 0 Å². The first kappa shape index (κ1) is 14.8. The van der Waals surface area contributed by atoms with Crippen molar-refractivity contribution >= 4 is 6.29 Å². The molecule has 2 atom stereocenters. The van der Waals surface area contributed by atoms with Crippen molar-refractivity contribution in [1.29, 1.82) is 0 Å². The van der Waals surface area contributed by atoms with Gasteiger partial charge in [0.15, 0.2) is 5.72 Å². The van der Waals surface area contributed by atoms with Gasteiger partial charge in [0.05, 0.1) is 0 Å². The van der Waals surface area contributed by atoms with Crippen molar-refractivity contribution in [3.05, 3.63) is 35.4 Å². The van der Waals surface area contributed by atoms with Gasteiger partial charge in [-0.25, -0.2) is 0 Å². The lowest BCUT2D eigenvalue weighted by Gasteiger charge is -2.33. The Balaban J connectivity index is 3.01. The predicted octanol–water partition coefficient (Wildman–Crippen LogP) is 1.81. The van der Waals surface area contributed by atoms with Crippen LogP contribution in [0.5, 0.6) is 0 Å². The third kappa shape index (κ3) is 3.16. The molecule has 1 aromatic rings. The van der Waals surface area contributed by atoms with Crippen molar-refractivity contribution in [3.63, 3.8) is 0 Å². The standard InChI is InChI=1S/C14H21NO3/c1-3-4-8-13(17)14(15,18-2)12-7-5-6-11(9-12)10-16/h5-7,9-10,13,17H,3-4,8,15H2,1-2H3/t13-,14-/m1/s1. The number of nitrogens with two attached hydrogens (primary N) is 1. The van der Waals surface area contributed by atoms with Gasteiger partial charge in [0.25, 0.3) is 0 Å². The summed E-state index contributed by atoms with van der Waals surface area (Å²) in [4.78, 5) is 10.8. The Morgan fingerprint density at radius 3 is 2.83 bits per heavy atom. The summed E-state index contributed by atoms with van der Waals surface area (Å²) in [6.45, 7) is 2.05. The van der Waals surface area contributed by atoms with E-state index in [1.807, 2.05) is 6.92 Å². The van der Waals surface area contributed by atoms with E-state index in [4.69, 9.17) is 10.5 Å². The molecule has 0 aromatic heterocycles. The van der Waals surface area contributed by atoms with Crippen molar-refractivity contribution in [2.75, 3.05) is 7.11 Å². The minimum absolute atomic E-state index is 0.516. The van der Waals surface area contributed by atoms with Crippen LogP contribution in [-0.4, -0.2) is 24.6 Å². The van der Waals surface area contributed by atoms with Crippen molar-refractivity contribution in [1.82, 2.24) is 0 Å². The summed E-state index contributed by atoms with van der Waals surface area (Å²) in [7, 11) is 1.46. The summed E-state index contributed by atoms with van der Waals surface area (Å²) in [5.74, 6) is 0. The van der Waals surface area contributed by atoms with E-state index in [1.54, 1.807) is 24.3 Å². The van der Waals surface area contributed by atoms with Crippen LogP contribution in [0.4, 0.5) is 0 Å². The molecule has 0 amide bonds. The molecule has 0 heterocycles. The Kier molecular flexibility index (Phi) is 5.47. The Hall–Kier alpha value is -1.23. The van der Waals surface area contributed by atoms with Crippen LogP contribution in [0.2, 0.25) is 0 Å². The molecule has 0 aliphatic heterocycles. The molecule has 0 saturated carbocycles. The van der Waals surface area contributed by atoms with Crippen LogP contribution in [0.15, 0.2) is 24.3 Å². The van der Waals surface area contributed by atoms with Gasteiger partial charge in [-0.05, 0) is 12.5 Å². The normalized spacial score (nSPS) is 16.0. The van der Waals surface area contributed by atoms with Gasteiger partial charge in [-0.3, -0.25) is 10.5 Å². The fraction of sp³-hybridized carbons (Fsp3) is 0.500. The maximum atomic E-state index is 10.8. The number of rotatable bonds is 7. The number of methoxy groups -OCH3 is 1. The summed E-state index contributed by atoms with van der Waals surface area (Å²) >= 11 is 0. The Labute approximate surface area is 108 Å². The second-order valence-electron chi connectivity index (χ2n) is 4.40. The van der Waals surface area contributed by atoms with E-state index < -0.39 is 11.8 Å². The lowest BCUT2D eigenvalue weighted by Crippen LogP contribution is -2.49. The molecule has 3 N–H and O–H groups in total. The van der Waals surface area contributed by atoms with E-state index in [0.29, 0.717) is 17.5 Å². The van der Waals surface area contributed by atoms with Crippen molar-refractivity contribution in [3.8, 4) is 0 Å². The largest absolute Gasteiger partial charge is 0.388 e. The van der Waals surface area contributed by atoms with Crippen molar-refractivity contribution in [2.45, 2.75) is 38.0 Å². The second kappa shape index (κ2) is 6.64. The molecular weight excluding hydrogens is 230 g/mol. The Morgan fingerprint density at radius 2 is 2.28 bits per heavy atom. The van der Waals surface area contributed by atoms with E-state index in [-0.39, 0.29) is 0 Å². The zero-order valence-electron chi connectivity index (χ0n) is 10.9. The summed E-state index contributed by atoms with van der Waals surface area (Å²) in [5, 5.41) is 10.2. The third-order valence-corrected chi connectivity index (χ3v) is 3.14.